The quantitative estimate of drug-likeness (QED) is 0.857. The SMILES string of the molecule is Cc1nn(C)c(NC(=O)CC2CCCN(C(=O)NCC(C)C)C2)c1C. The minimum absolute atomic E-state index is 0.0134. The minimum Gasteiger partial charge on any atom is -0.338 e. The normalized spacial score (nSPS) is 17.7. The van der Waals surface area contributed by atoms with Crippen molar-refractivity contribution in [3.8, 4) is 0 Å². The molecule has 0 saturated carbocycles. The number of hydrogen-bond acceptors (Lipinski definition) is 3. The molecule has 0 aliphatic carbocycles. The second-order valence-electron chi connectivity index (χ2n) is 7.47. The first-order valence-corrected chi connectivity index (χ1v) is 9.10. The summed E-state index contributed by atoms with van der Waals surface area (Å²) in [5, 5.41) is 10.3. The van der Waals surface area contributed by atoms with E-state index in [1.165, 1.54) is 0 Å². The Morgan fingerprint density at radius 1 is 1.32 bits per heavy atom. The highest BCUT2D eigenvalue weighted by Crippen LogP contribution is 2.22. The average molecular weight is 349 g/mol. The first-order valence-electron chi connectivity index (χ1n) is 9.10. The van der Waals surface area contributed by atoms with E-state index in [1.54, 1.807) is 4.68 Å². The molecule has 1 fully saturated rings. The van der Waals surface area contributed by atoms with Gasteiger partial charge in [-0.15, -0.1) is 0 Å². The molecule has 1 saturated heterocycles. The third kappa shape index (κ3) is 5.21. The van der Waals surface area contributed by atoms with Crippen LogP contribution in [0.1, 0.15) is 44.4 Å². The van der Waals surface area contributed by atoms with E-state index in [2.05, 4.69) is 29.6 Å². The van der Waals surface area contributed by atoms with Crippen molar-refractivity contribution < 1.29 is 9.59 Å². The third-order valence-electron chi connectivity index (χ3n) is 4.72. The number of rotatable bonds is 5. The molecule has 1 atom stereocenters. The fourth-order valence-corrected chi connectivity index (χ4v) is 3.20. The van der Waals surface area contributed by atoms with Crippen LogP contribution < -0.4 is 10.6 Å². The lowest BCUT2D eigenvalue weighted by Crippen LogP contribution is -2.46. The van der Waals surface area contributed by atoms with Crippen LogP contribution in [0.5, 0.6) is 0 Å². The number of likely N-dealkylation sites (tertiary alicyclic amines) is 1. The summed E-state index contributed by atoms with van der Waals surface area (Å²) < 4.78 is 1.70. The number of aryl methyl sites for hydroxylation is 2. The first kappa shape index (κ1) is 19.3. The number of anilines is 1. The lowest BCUT2D eigenvalue weighted by atomic mass is 9.94. The summed E-state index contributed by atoms with van der Waals surface area (Å²) in [6.07, 6.45) is 2.35. The number of piperidine rings is 1. The van der Waals surface area contributed by atoms with Crippen molar-refractivity contribution in [2.75, 3.05) is 25.0 Å². The van der Waals surface area contributed by atoms with Crippen molar-refractivity contribution in [3.05, 3.63) is 11.3 Å². The Labute approximate surface area is 150 Å². The van der Waals surface area contributed by atoms with Crippen LogP contribution in [0.25, 0.3) is 0 Å². The van der Waals surface area contributed by atoms with E-state index in [0.29, 0.717) is 25.4 Å². The number of nitrogens with one attached hydrogen (secondary N) is 2. The van der Waals surface area contributed by atoms with Gasteiger partial charge in [0.05, 0.1) is 5.69 Å². The fourth-order valence-electron chi connectivity index (χ4n) is 3.20. The van der Waals surface area contributed by atoms with Gasteiger partial charge in [0, 0.05) is 38.7 Å². The summed E-state index contributed by atoms with van der Waals surface area (Å²) in [6, 6.07) is -0.0167. The lowest BCUT2D eigenvalue weighted by molar-refractivity contribution is -0.117. The van der Waals surface area contributed by atoms with E-state index in [0.717, 1.165) is 36.5 Å². The molecular formula is C18H31N5O2. The van der Waals surface area contributed by atoms with Crippen LogP contribution in [0.3, 0.4) is 0 Å². The van der Waals surface area contributed by atoms with E-state index in [1.807, 2.05) is 25.8 Å². The molecule has 3 amide bonds. The largest absolute Gasteiger partial charge is 0.338 e. The Balaban J connectivity index is 1.87. The zero-order chi connectivity index (χ0) is 18.6. The van der Waals surface area contributed by atoms with Crippen molar-refractivity contribution >= 4 is 17.8 Å². The summed E-state index contributed by atoms with van der Waals surface area (Å²) in [7, 11) is 1.83. The number of hydrogen-bond donors (Lipinski definition) is 2. The molecule has 7 nitrogen and oxygen atoms in total. The standard InChI is InChI=1S/C18H31N5O2/c1-12(2)10-19-18(25)23-8-6-7-15(11-23)9-16(24)20-17-13(3)14(4)21-22(17)5/h12,15H,6-11H2,1-5H3,(H,19,25)(H,20,24). The van der Waals surface area contributed by atoms with Crippen LogP contribution in [0.4, 0.5) is 10.6 Å². The first-order chi connectivity index (χ1) is 11.8. The summed E-state index contributed by atoms with van der Waals surface area (Å²) >= 11 is 0. The van der Waals surface area contributed by atoms with Crippen LogP contribution in [0, 0.1) is 25.7 Å². The van der Waals surface area contributed by atoms with E-state index in [4.69, 9.17) is 0 Å². The Morgan fingerprint density at radius 2 is 2.04 bits per heavy atom. The van der Waals surface area contributed by atoms with E-state index >= 15 is 0 Å². The van der Waals surface area contributed by atoms with E-state index < -0.39 is 0 Å². The number of amides is 3. The summed E-state index contributed by atoms with van der Waals surface area (Å²) in [6.45, 7) is 10.1. The van der Waals surface area contributed by atoms with Gasteiger partial charge in [-0.1, -0.05) is 13.8 Å². The Bertz CT molecular complexity index is 623. The highest BCUT2D eigenvalue weighted by atomic mass is 16.2. The molecular weight excluding hydrogens is 318 g/mol. The molecule has 140 valence electrons. The molecule has 1 unspecified atom stereocenters. The molecule has 0 radical (unpaired) electrons. The zero-order valence-electron chi connectivity index (χ0n) is 16.1. The molecule has 2 rings (SSSR count). The van der Waals surface area contributed by atoms with Crippen molar-refractivity contribution in [1.29, 1.82) is 0 Å². The van der Waals surface area contributed by atoms with Gasteiger partial charge in [-0.05, 0) is 38.5 Å². The summed E-state index contributed by atoms with van der Waals surface area (Å²) in [5.74, 6) is 1.37. The molecule has 1 aromatic rings. The Morgan fingerprint density at radius 3 is 2.64 bits per heavy atom. The summed E-state index contributed by atoms with van der Waals surface area (Å²) in [5.41, 5.74) is 1.91. The van der Waals surface area contributed by atoms with E-state index in [-0.39, 0.29) is 17.9 Å². The predicted octanol–water partition coefficient (Wildman–Crippen LogP) is 2.44. The lowest BCUT2D eigenvalue weighted by Gasteiger charge is -2.32. The number of carbonyl (C=O) groups is 2. The predicted molar refractivity (Wildman–Crippen MR) is 98.5 cm³/mol. The second-order valence-corrected chi connectivity index (χ2v) is 7.47. The molecule has 0 bridgehead atoms. The van der Waals surface area contributed by atoms with Gasteiger partial charge in [0.1, 0.15) is 5.82 Å². The maximum atomic E-state index is 12.4. The van der Waals surface area contributed by atoms with Gasteiger partial charge in [-0.2, -0.15) is 5.10 Å². The minimum atomic E-state index is -0.0167. The van der Waals surface area contributed by atoms with Crippen molar-refractivity contribution in [1.82, 2.24) is 20.0 Å². The Hall–Kier alpha value is -2.05. The van der Waals surface area contributed by atoms with Crippen LogP contribution in [-0.2, 0) is 11.8 Å². The van der Waals surface area contributed by atoms with Gasteiger partial charge >= 0.3 is 6.03 Å². The van der Waals surface area contributed by atoms with Gasteiger partial charge in [-0.25, -0.2) is 4.79 Å². The van der Waals surface area contributed by atoms with E-state index in [9.17, 15) is 9.59 Å². The molecule has 2 N–H and O–H groups in total. The number of nitrogens with zero attached hydrogens (tertiary/aromatic N) is 3. The monoisotopic (exact) mass is 349 g/mol. The van der Waals surface area contributed by atoms with Crippen molar-refractivity contribution in [2.45, 2.75) is 47.0 Å². The average Bonchev–Trinajstić information content (AvgIpc) is 2.79. The third-order valence-corrected chi connectivity index (χ3v) is 4.72. The molecule has 7 heteroatoms. The van der Waals surface area contributed by atoms with Gasteiger partial charge in [-0.3, -0.25) is 9.48 Å². The number of carbonyl (C=O) groups excluding carboxylic acids is 2. The van der Waals surface area contributed by atoms with Crippen LogP contribution in [0.2, 0.25) is 0 Å². The number of aromatic nitrogens is 2. The highest BCUT2D eigenvalue weighted by molar-refractivity contribution is 5.90. The highest BCUT2D eigenvalue weighted by Gasteiger charge is 2.26. The van der Waals surface area contributed by atoms with Gasteiger partial charge in [0.25, 0.3) is 0 Å². The van der Waals surface area contributed by atoms with Gasteiger partial charge in [0.15, 0.2) is 0 Å². The summed E-state index contributed by atoms with van der Waals surface area (Å²) in [4.78, 5) is 26.5. The Kier molecular flexibility index (Phi) is 6.45. The maximum absolute atomic E-state index is 12.4. The molecule has 1 aliphatic rings. The zero-order valence-corrected chi connectivity index (χ0v) is 16.1. The maximum Gasteiger partial charge on any atom is 0.317 e. The van der Waals surface area contributed by atoms with Gasteiger partial charge < -0.3 is 15.5 Å². The molecule has 0 aromatic carbocycles. The molecule has 2 heterocycles. The van der Waals surface area contributed by atoms with Crippen molar-refractivity contribution in [2.24, 2.45) is 18.9 Å². The van der Waals surface area contributed by atoms with Gasteiger partial charge in [0.2, 0.25) is 5.91 Å². The topological polar surface area (TPSA) is 79.3 Å². The smallest absolute Gasteiger partial charge is 0.317 e. The van der Waals surface area contributed by atoms with Crippen LogP contribution in [0.15, 0.2) is 0 Å². The fraction of sp³-hybridized carbons (Fsp3) is 0.722. The van der Waals surface area contributed by atoms with Crippen LogP contribution >= 0.6 is 0 Å². The number of urea groups is 1. The molecule has 25 heavy (non-hydrogen) atoms. The molecule has 0 spiro atoms. The van der Waals surface area contributed by atoms with Crippen LogP contribution in [-0.4, -0.2) is 46.3 Å². The van der Waals surface area contributed by atoms with Crippen molar-refractivity contribution in [3.63, 3.8) is 0 Å². The molecule has 1 aliphatic heterocycles. The second kappa shape index (κ2) is 8.36. The molecule has 1 aromatic heterocycles.